The van der Waals surface area contributed by atoms with Gasteiger partial charge in [0.25, 0.3) is 5.91 Å². The maximum Gasteiger partial charge on any atom is 0.257 e. The average molecular weight is 363 g/mol. The second-order valence-corrected chi connectivity index (χ2v) is 6.05. The first-order chi connectivity index (χ1) is 11.5. The molecule has 1 heterocycles. The first-order valence-corrected chi connectivity index (χ1v) is 8.10. The van der Waals surface area contributed by atoms with Crippen molar-refractivity contribution in [2.75, 3.05) is 18.5 Å². The molecule has 0 saturated carbocycles. The van der Waals surface area contributed by atoms with Crippen molar-refractivity contribution in [3.05, 3.63) is 52.5 Å². The summed E-state index contributed by atoms with van der Waals surface area (Å²) in [7, 11) is 0. The predicted molar refractivity (Wildman–Crippen MR) is 97.3 cm³/mol. The lowest BCUT2D eigenvalue weighted by molar-refractivity contribution is 0.0976. The number of hydrogen-bond donors (Lipinski definition) is 2. The number of ether oxygens (including phenoxy) is 2. The Morgan fingerprint density at radius 3 is 2.62 bits per heavy atom. The molecular formula is C17H15ClN2O3S. The van der Waals surface area contributed by atoms with Crippen molar-refractivity contribution in [2.45, 2.75) is 6.92 Å². The fraction of sp³-hybridized carbons (Fsp3) is 0.176. The Kier molecular flexibility index (Phi) is 4.87. The van der Waals surface area contributed by atoms with Gasteiger partial charge in [0.1, 0.15) is 13.2 Å². The van der Waals surface area contributed by atoms with Crippen molar-refractivity contribution in [3.63, 3.8) is 0 Å². The molecule has 0 radical (unpaired) electrons. The van der Waals surface area contributed by atoms with E-state index >= 15 is 0 Å². The number of nitrogens with one attached hydrogen (secondary N) is 2. The molecule has 2 N–H and O–H groups in total. The minimum absolute atomic E-state index is 0.190. The number of carbonyl (C=O) groups is 1. The van der Waals surface area contributed by atoms with Crippen molar-refractivity contribution in [1.82, 2.24) is 5.32 Å². The van der Waals surface area contributed by atoms with Gasteiger partial charge in [-0.25, -0.2) is 0 Å². The molecule has 0 spiro atoms. The van der Waals surface area contributed by atoms with E-state index in [4.69, 9.17) is 33.3 Å². The van der Waals surface area contributed by atoms with Crippen molar-refractivity contribution in [3.8, 4) is 11.5 Å². The third-order valence-corrected chi connectivity index (χ3v) is 4.07. The third kappa shape index (κ3) is 3.77. The van der Waals surface area contributed by atoms with Crippen molar-refractivity contribution in [2.24, 2.45) is 0 Å². The molecule has 5 nitrogen and oxygen atoms in total. The van der Waals surface area contributed by atoms with E-state index in [1.54, 1.807) is 24.3 Å². The summed E-state index contributed by atoms with van der Waals surface area (Å²) >= 11 is 11.2. The summed E-state index contributed by atoms with van der Waals surface area (Å²) in [6.45, 7) is 2.88. The fourth-order valence-electron chi connectivity index (χ4n) is 2.19. The topological polar surface area (TPSA) is 59.6 Å². The lowest BCUT2D eigenvalue weighted by Crippen LogP contribution is -2.34. The highest BCUT2D eigenvalue weighted by atomic mass is 35.5. The Morgan fingerprint density at radius 1 is 1.12 bits per heavy atom. The standard InChI is InChI=1S/C17H15ClN2O3S/c1-10-2-4-12(9-13(10)18)19-17(24)20-16(21)11-3-5-14-15(8-11)23-7-6-22-14/h2-5,8-9H,6-7H2,1H3,(H2,19,20,21,24). The summed E-state index contributed by atoms with van der Waals surface area (Å²) < 4.78 is 10.9. The molecule has 24 heavy (non-hydrogen) atoms. The molecule has 0 aromatic heterocycles. The van der Waals surface area contributed by atoms with Crippen LogP contribution in [0.25, 0.3) is 0 Å². The maximum atomic E-state index is 12.3. The highest BCUT2D eigenvalue weighted by molar-refractivity contribution is 7.80. The van der Waals surface area contributed by atoms with Crippen molar-refractivity contribution < 1.29 is 14.3 Å². The lowest BCUT2D eigenvalue weighted by Gasteiger charge is -2.18. The van der Waals surface area contributed by atoms with Crippen LogP contribution in [0.5, 0.6) is 11.5 Å². The number of amides is 1. The van der Waals surface area contributed by atoms with E-state index < -0.39 is 0 Å². The average Bonchev–Trinajstić information content (AvgIpc) is 2.57. The maximum absolute atomic E-state index is 12.3. The highest BCUT2D eigenvalue weighted by Gasteiger charge is 2.15. The number of aryl methyl sites for hydroxylation is 1. The SMILES string of the molecule is Cc1ccc(NC(=S)NC(=O)c2ccc3c(c2)OCCO3)cc1Cl. The van der Waals surface area contributed by atoms with Gasteiger partial charge in [-0.2, -0.15) is 0 Å². The second-order valence-electron chi connectivity index (χ2n) is 5.23. The number of hydrogen-bond acceptors (Lipinski definition) is 4. The Bertz CT molecular complexity index is 810. The fourth-order valence-corrected chi connectivity index (χ4v) is 2.58. The summed E-state index contributed by atoms with van der Waals surface area (Å²) in [5.41, 5.74) is 2.11. The van der Waals surface area contributed by atoms with E-state index in [-0.39, 0.29) is 11.0 Å². The number of thiocarbonyl (C=S) groups is 1. The first-order valence-electron chi connectivity index (χ1n) is 7.31. The molecule has 0 bridgehead atoms. The van der Waals surface area contributed by atoms with Crippen LogP contribution in [0.4, 0.5) is 5.69 Å². The molecule has 1 amide bonds. The highest BCUT2D eigenvalue weighted by Crippen LogP contribution is 2.30. The van der Waals surface area contributed by atoms with Crippen LogP contribution in [-0.4, -0.2) is 24.2 Å². The van der Waals surface area contributed by atoms with Crippen LogP contribution in [0.15, 0.2) is 36.4 Å². The minimum Gasteiger partial charge on any atom is -0.486 e. The number of benzene rings is 2. The van der Waals surface area contributed by atoms with Gasteiger partial charge in [-0.15, -0.1) is 0 Å². The lowest BCUT2D eigenvalue weighted by atomic mass is 10.2. The molecular weight excluding hydrogens is 348 g/mol. The molecule has 7 heteroatoms. The second kappa shape index (κ2) is 7.07. The Balaban J connectivity index is 1.65. The summed E-state index contributed by atoms with van der Waals surface area (Å²) in [5.74, 6) is 0.855. The van der Waals surface area contributed by atoms with Gasteiger partial charge in [0.2, 0.25) is 0 Å². The normalized spacial score (nSPS) is 12.4. The van der Waals surface area contributed by atoms with Crippen LogP contribution < -0.4 is 20.1 Å². The Labute approximate surface area is 149 Å². The van der Waals surface area contributed by atoms with Gasteiger partial charge >= 0.3 is 0 Å². The van der Waals surface area contributed by atoms with Crippen LogP contribution in [0.2, 0.25) is 5.02 Å². The van der Waals surface area contributed by atoms with Gasteiger partial charge in [-0.1, -0.05) is 17.7 Å². The monoisotopic (exact) mass is 362 g/mol. The van der Waals surface area contributed by atoms with E-state index in [9.17, 15) is 4.79 Å². The summed E-state index contributed by atoms with van der Waals surface area (Å²) in [5, 5.41) is 6.38. The van der Waals surface area contributed by atoms with Crippen molar-refractivity contribution in [1.29, 1.82) is 0 Å². The Hall–Kier alpha value is -2.31. The molecule has 1 aliphatic heterocycles. The summed E-state index contributed by atoms with van der Waals surface area (Å²) in [6.07, 6.45) is 0. The molecule has 3 rings (SSSR count). The van der Waals surface area contributed by atoms with E-state index in [2.05, 4.69) is 10.6 Å². The largest absolute Gasteiger partial charge is 0.486 e. The van der Waals surface area contributed by atoms with Gasteiger partial charge in [-0.05, 0) is 55.0 Å². The quantitative estimate of drug-likeness (QED) is 0.800. The molecule has 0 atom stereocenters. The summed E-state index contributed by atoms with van der Waals surface area (Å²) in [4.78, 5) is 12.3. The molecule has 1 aliphatic rings. The van der Waals surface area contributed by atoms with Crippen LogP contribution in [0.1, 0.15) is 15.9 Å². The molecule has 0 fully saturated rings. The van der Waals surface area contributed by atoms with Gasteiger partial charge in [0.15, 0.2) is 16.6 Å². The van der Waals surface area contributed by atoms with Crippen LogP contribution in [0, 0.1) is 6.92 Å². The van der Waals surface area contributed by atoms with E-state index in [1.165, 1.54) is 0 Å². The number of fused-ring (bicyclic) bond motifs is 1. The van der Waals surface area contributed by atoms with Crippen molar-refractivity contribution >= 4 is 40.5 Å². The molecule has 0 saturated heterocycles. The number of anilines is 1. The molecule has 124 valence electrons. The predicted octanol–water partition coefficient (Wildman–Crippen LogP) is 3.55. The molecule has 2 aromatic rings. The van der Waals surface area contributed by atoms with Crippen LogP contribution >= 0.6 is 23.8 Å². The zero-order valence-electron chi connectivity index (χ0n) is 12.9. The zero-order chi connectivity index (χ0) is 17.1. The Morgan fingerprint density at radius 2 is 1.88 bits per heavy atom. The van der Waals surface area contributed by atoms with Gasteiger partial charge < -0.3 is 14.8 Å². The number of carbonyl (C=O) groups excluding carboxylic acids is 1. The third-order valence-electron chi connectivity index (χ3n) is 3.46. The van der Waals surface area contributed by atoms with Gasteiger partial charge in [0.05, 0.1) is 0 Å². The minimum atomic E-state index is -0.331. The number of halogens is 1. The van der Waals surface area contributed by atoms with E-state index in [0.29, 0.717) is 41.0 Å². The molecule has 0 unspecified atom stereocenters. The first kappa shape index (κ1) is 16.5. The van der Waals surface area contributed by atoms with Crippen LogP contribution in [0.3, 0.4) is 0 Å². The van der Waals surface area contributed by atoms with Gasteiger partial charge in [0, 0.05) is 16.3 Å². The van der Waals surface area contributed by atoms with E-state index in [1.807, 2.05) is 19.1 Å². The van der Waals surface area contributed by atoms with Gasteiger partial charge in [-0.3, -0.25) is 10.1 Å². The number of rotatable bonds is 2. The van der Waals surface area contributed by atoms with Crippen LogP contribution in [-0.2, 0) is 0 Å². The zero-order valence-corrected chi connectivity index (χ0v) is 14.5. The van der Waals surface area contributed by atoms with E-state index in [0.717, 1.165) is 5.56 Å². The summed E-state index contributed by atoms with van der Waals surface area (Å²) in [6, 6.07) is 10.5. The molecule has 0 aliphatic carbocycles. The smallest absolute Gasteiger partial charge is 0.257 e. The molecule has 2 aromatic carbocycles.